The minimum atomic E-state index is -0.166. The van der Waals surface area contributed by atoms with Gasteiger partial charge in [0.1, 0.15) is 0 Å². The Balaban J connectivity index is 2.73. The maximum absolute atomic E-state index is 11.8. The van der Waals surface area contributed by atoms with Gasteiger partial charge in [-0.2, -0.15) is 0 Å². The van der Waals surface area contributed by atoms with Crippen LogP contribution in [0.25, 0.3) is 0 Å². The van der Waals surface area contributed by atoms with Crippen molar-refractivity contribution in [2.75, 3.05) is 32.0 Å². The summed E-state index contributed by atoms with van der Waals surface area (Å²) in [5, 5.41) is 3.62. The van der Waals surface area contributed by atoms with Gasteiger partial charge in [-0.05, 0) is 25.6 Å². The van der Waals surface area contributed by atoms with Gasteiger partial charge >= 0.3 is 0 Å². The van der Waals surface area contributed by atoms with E-state index < -0.39 is 0 Å². The Morgan fingerprint density at radius 3 is 2.72 bits per heavy atom. The third-order valence-electron chi connectivity index (χ3n) is 2.47. The number of hydrogen-bond acceptors (Lipinski definition) is 3. The van der Waals surface area contributed by atoms with Crippen LogP contribution in [0.2, 0.25) is 10.0 Å². The quantitative estimate of drug-likeness (QED) is 0.873. The van der Waals surface area contributed by atoms with Gasteiger partial charge in [0.25, 0.3) is 0 Å². The number of hydrogen-bond donors (Lipinski definition) is 2. The fourth-order valence-electron chi connectivity index (χ4n) is 1.49. The molecule has 0 spiro atoms. The van der Waals surface area contributed by atoms with Gasteiger partial charge in [-0.3, -0.25) is 9.69 Å². The molecular weight excluding hydrogens is 273 g/mol. The van der Waals surface area contributed by atoms with E-state index in [4.69, 9.17) is 28.9 Å². The van der Waals surface area contributed by atoms with Crippen molar-refractivity contribution in [2.24, 2.45) is 5.73 Å². The van der Waals surface area contributed by atoms with Crippen LogP contribution in [-0.2, 0) is 4.79 Å². The van der Waals surface area contributed by atoms with Crippen molar-refractivity contribution in [1.29, 1.82) is 0 Å². The second kappa shape index (κ2) is 6.95. The number of amides is 1. The Morgan fingerprint density at radius 1 is 1.44 bits per heavy atom. The Bertz CT molecular complexity index is 438. The zero-order valence-electron chi connectivity index (χ0n) is 10.5. The third-order valence-corrected chi connectivity index (χ3v) is 3.28. The van der Waals surface area contributed by atoms with Crippen LogP contribution in [0.3, 0.4) is 0 Å². The molecule has 0 bridgehead atoms. The van der Waals surface area contributed by atoms with E-state index in [-0.39, 0.29) is 12.5 Å². The predicted molar refractivity (Wildman–Crippen MR) is 76.4 cm³/mol. The van der Waals surface area contributed by atoms with E-state index in [2.05, 4.69) is 5.32 Å². The van der Waals surface area contributed by atoms with Crippen LogP contribution in [0.4, 0.5) is 5.69 Å². The molecule has 6 heteroatoms. The second-order valence-corrected chi connectivity index (χ2v) is 4.91. The summed E-state index contributed by atoms with van der Waals surface area (Å²) in [5.74, 6) is -0.166. The Morgan fingerprint density at radius 2 is 2.11 bits per heavy atom. The van der Waals surface area contributed by atoms with Gasteiger partial charge in [-0.15, -0.1) is 0 Å². The maximum atomic E-state index is 11.8. The number of rotatable bonds is 5. The van der Waals surface area contributed by atoms with E-state index in [1.54, 1.807) is 12.1 Å². The predicted octanol–water partition coefficient (Wildman–Crippen LogP) is 2.13. The summed E-state index contributed by atoms with van der Waals surface area (Å²) in [6.07, 6.45) is 0. The molecule has 0 aliphatic heterocycles. The molecule has 0 saturated heterocycles. The van der Waals surface area contributed by atoms with E-state index in [0.29, 0.717) is 28.8 Å². The largest absolute Gasteiger partial charge is 0.329 e. The summed E-state index contributed by atoms with van der Waals surface area (Å²) in [6, 6.07) is 3.52. The molecule has 1 aromatic rings. The van der Waals surface area contributed by atoms with Crippen molar-refractivity contribution in [2.45, 2.75) is 6.92 Å². The molecule has 100 valence electrons. The molecule has 0 aromatic heterocycles. The summed E-state index contributed by atoms with van der Waals surface area (Å²) < 4.78 is 0. The molecule has 1 rings (SSSR count). The number of nitrogens with one attached hydrogen (secondary N) is 1. The van der Waals surface area contributed by atoms with Gasteiger partial charge in [0.2, 0.25) is 5.91 Å². The Kier molecular flexibility index (Phi) is 5.88. The molecule has 0 unspecified atom stereocenters. The number of likely N-dealkylation sites (N-methyl/N-ethyl adjacent to an activating group) is 1. The van der Waals surface area contributed by atoms with Gasteiger partial charge in [0, 0.05) is 13.1 Å². The van der Waals surface area contributed by atoms with Crippen LogP contribution in [-0.4, -0.2) is 37.5 Å². The zero-order valence-corrected chi connectivity index (χ0v) is 12.0. The monoisotopic (exact) mass is 289 g/mol. The number of benzene rings is 1. The average molecular weight is 290 g/mol. The third kappa shape index (κ3) is 4.14. The lowest BCUT2D eigenvalue weighted by atomic mass is 10.2. The van der Waals surface area contributed by atoms with Gasteiger partial charge in [-0.25, -0.2) is 0 Å². The molecular formula is C12H17Cl2N3O. The fraction of sp³-hybridized carbons (Fsp3) is 0.417. The standard InChI is InChI=1S/C12H17Cl2N3O/c1-8-3-4-9(13)12(11(8)14)16-10(18)7-17(2)6-5-15/h3-4H,5-7,15H2,1-2H3,(H,16,18). The first-order chi connectivity index (χ1) is 8.45. The topological polar surface area (TPSA) is 58.4 Å². The van der Waals surface area contributed by atoms with Crippen molar-refractivity contribution in [3.05, 3.63) is 27.7 Å². The summed E-state index contributed by atoms with van der Waals surface area (Å²) in [6.45, 7) is 3.27. The van der Waals surface area contributed by atoms with Crippen LogP contribution in [0.15, 0.2) is 12.1 Å². The summed E-state index contributed by atoms with van der Waals surface area (Å²) >= 11 is 12.1. The van der Waals surface area contributed by atoms with Crippen LogP contribution in [0.1, 0.15) is 5.56 Å². The van der Waals surface area contributed by atoms with Gasteiger partial charge in [0.15, 0.2) is 0 Å². The SMILES string of the molecule is Cc1ccc(Cl)c(NC(=O)CN(C)CCN)c1Cl. The maximum Gasteiger partial charge on any atom is 0.238 e. The molecule has 1 amide bonds. The lowest BCUT2D eigenvalue weighted by Gasteiger charge is -2.16. The van der Waals surface area contributed by atoms with E-state index in [0.717, 1.165) is 5.56 Å². The van der Waals surface area contributed by atoms with Crippen molar-refractivity contribution in [3.8, 4) is 0 Å². The van der Waals surface area contributed by atoms with Crippen LogP contribution in [0.5, 0.6) is 0 Å². The van der Waals surface area contributed by atoms with Crippen molar-refractivity contribution in [3.63, 3.8) is 0 Å². The van der Waals surface area contributed by atoms with Crippen LogP contribution < -0.4 is 11.1 Å². The first kappa shape index (κ1) is 15.2. The number of aryl methyl sites for hydroxylation is 1. The molecule has 18 heavy (non-hydrogen) atoms. The van der Waals surface area contributed by atoms with E-state index in [9.17, 15) is 4.79 Å². The molecule has 0 radical (unpaired) electrons. The van der Waals surface area contributed by atoms with Crippen LogP contribution >= 0.6 is 23.2 Å². The number of anilines is 1. The Labute approximate surface area is 117 Å². The second-order valence-electron chi connectivity index (χ2n) is 4.13. The highest BCUT2D eigenvalue weighted by Crippen LogP contribution is 2.32. The molecule has 0 aliphatic carbocycles. The highest BCUT2D eigenvalue weighted by atomic mass is 35.5. The number of halogens is 2. The molecule has 0 fully saturated rings. The lowest BCUT2D eigenvalue weighted by molar-refractivity contribution is -0.117. The first-order valence-corrected chi connectivity index (χ1v) is 6.34. The van der Waals surface area contributed by atoms with Crippen molar-refractivity contribution < 1.29 is 4.79 Å². The molecule has 0 heterocycles. The van der Waals surface area contributed by atoms with E-state index in [1.165, 1.54) is 0 Å². The summed E-state index contributed by atoms with van der Waals surface area (Å²) in [5.41, 5.74) is 6.74. The lowest BCUT2D eigenvalue weighted by Crippen LogP contribution is -2.33. The molecule has 4 nitrogen and oxygen atoms in total. The molecule has 3 N–H and O–H groups in total. The number of nitrogens with two attached hydrogens (primary N) is 1. The molecule has 0 saturated carbocycles. The van der Waals surface area contributed by atoms with Gasteiger partial charge < -0.3 is 11.1 Å². The number of carbonyl (C=O) groups is 1. The normalized spacial score (nSPS) is 10.8. The minimum absolute atomic E-state index is 0.166. The van der Waals surface area contributed by atoms with Crippen molar-refractivity contribution >= 4 is 34.8 Å². The van der Waals surface area contributed by atoms with E-state index in [1.807, 2.05) is 18.9 Å². The average Bonchev–Trinajstić information content (AvgIpc) is 2.30. The minimum Gasteiger partial charge on any atom is -0.329 e. The zero-order chi connectivity index (χ0) is 13.7. The van der Waals surface area contributed by atoms with Crippen LogP contribution in [0, 0.1) is 6.92 Å². The highest BCUT2D eigenvalue weighted by molar-refractivity contribution is 6.40. The molecule has 1 aromatic carbocycles. The number of nitrogens with zero attached hydrogens (tertiary/aromatic N) is 1. The van der Waals surface area contributed by atoms with E-state index >= 15 is 0 Å². The molecule has 0 aliphatic rings. The van der Waals surface area contributed by atoms with Crippen molar-refractivity contribution in [1.82, 2.24) is 4.90 Å². The van der Waals surface area contributed by atoms with Gasteiger partial charge in [-0.1, -0.05) is 29.3 Å². The number of carbonyl (C=O) groups excluding carboxylic acids is 1. The fourth-order valence-corrected chi connectivity index (χ4v) is 1.96. The molecule has 0 atom stereocenters. The summed E-state index contributed by atoms with van der Waals surface area (Å²) in [7, 11) is 1.83. The highest BCUT2D eigenvalue weighted by Gasteiger charge is 2.12. The Hall–Kier alpha value is -0.810. The summed E-state index contributed by atoms with van der Waals surface area (Å²) in [4.78, 5) is 13.6. The van der Waals surface area contributed by atoms with Gasteiger partial charge in [0.05, 0.1) is 22.3 Å². The first-order valence-electron chi connectivity index (χ1n) is 5.58. The smallest absolute Gasteiger partial charge is 0.238 e.